The third kappa shape index (κ3) is 4.35. The van der Waals surface area contributed by atoms with Crippen molar-refractivity contribution in [3.63, 3.8) is 0 Å². The van der Waals surface area contributed by atoms with E-state index in [-0.39, 0.29) is 5.82 Å². The van der Waals surface area contributed by atoms with Gasteiger partial charge in [0.15, 0.2) is 0 Å². The van der Waals surface area contributed by atoms with E-state index in [1.807, 2.05) is 6.07 Å². The minimum absolute atomic E-state index is 0.227. The van der Waals surface area contributed by atoms with Crippen LogP contribution >= 0.6 is 15.9 Å². The summed E-state index contributed by atoms with van der Waals surface area (Å²) in [4.78, 5) is 0. The molecule has 2 aromatic rings. The highest BCUT2D eigenvalue weighted by Gasteiger charge is 2.06. The van der Waals surface area contributed by atoms with Gasteiger partial charge in [-0.15, -0.1) is 0 Å². The standard InChI is InChI=1S/C16H17BrFN/c1-12(7-8-13-5-3-2-4-6-13)19-16-10-9-14(18)11-15(16)17/h2-6,9-12,19H,7-8H2,1H3. The van der Waals surface area contributed by atoms with Crippen molar-refractivity contribution in [1.82, 2.24) is 0 Å². The normalized spacial score (nSPS) is 12.2. The summed E-state index contributed by atoms with van der Waals surface area (Å²) in [5.41, 5.74) is 2.27. The number of halogens is 2. The van der Waals surface area contributed by atoms with E-state index in [0.717, 1.165) is 23.0 Å². The Morgan fingerprint density at radius 1 is 1.16 bits per heavy atom. The van der Waals surface area contributed by atoms with E-state index >= 15 is 0 Å². The van der Waals surface area contributed by atoms with Gasteiger partial charge in [0, 0.05) is 16.2 Å². The van der Waals surface area contributed by atoms with E-state index < -0.39 is 0 Å². The Balaban J connectivity index is 1.89. The average molecular weight is 322 g/mol. The van der Waals surface area contributed by atoms with Gasteiger partial charge in [-0.1, -0.05) is 30.3 Å². The van der Waals surface area contributed by atoms with Crippen LogP contribution in [-0.4, -0.2) is 6.04 Å². The van der Waals surface area contributed by atoms with Gasteiger partial charge >= 0.3 is 0 Å². The van der Waals surface area contributed by atoms with Gasteiger partial charge in [0.25, 0.3) is 0 Å². The molecule has 0 spiro atoms. The average Bonchev–Trinajstić information content (AvgIpc) is 2.41. The molecule has 0 radical (unpaired) electrons. The van der Waals surface area contributed by atoms with Crippen molar-refractivity contribution in [2.24, 2.45) is 0 Å². The largest absolute Gasteiger partial charge is 0.382 e. The molecule has 0 amide bonds. The zero-order chi connectivity index (χ0) is 13.7. The van der Waals surface area contributed by atoms with Gasteiger partial charge < -0.3 is 5.32 Å². The first-order valence-corrected chi connectivity index (χ1v) is 7.20. The smallest absolute Gasteiger partial charge is 0.124 e. The summed E-state index contributed by atoms with van der Waals surface area (Å²) in [7, 11) is 0. The molecule has 2 rings (SSSR count). The maximum Gasteiger partial charge on any atom is 0.124 e. The van der Waals surface area contributed by atoms with Gasteiger partial charge in [-0.3, -0.25) is 0 Å². The highest BCUT2D eigenvalue weighted by molar-refractivity contribution is 9.10. The third-order valence-corrected chi connectivity index (χ3v) is 3.70. The van der Waals surface area contributed by atoms with E-state index in [2.05, 4.69) is 52.4 Å². The quantitative estimate of drug-likeness (QED) is 0.815. The number of hydrogen-bond acceptors (Lipinski definition) is 1. The lowest BCUT2D eigenvalue weighted by Crippen LogP contribution is -2.16. The molecule has 0 aliphatic carbocycles. The first-order chi connectivity index (χ1) is 9.15. The lowest BCUT2D eigenvalue weighted by Gasteiger charge is -2.16. The number of anilines is 1. The fraction of sp³-hybridized carbons (Fsp3) is 0.250. The van der Waals surface area contributed by atoms with Crippen molar-refractivity contribution in [2.45, 2.75) is 25.8 Å². The Morgan fingerprint density at radius 2 is 1.89 bits per heavy atom. The molecule has 1 unspecified atom stereocenters. The Labute approximate surface area is 122 Å². The van der Waals surface area contributed by atoms with Crippen LogP contribution < -0.4 is 5.32 Å². The van der Waals surface area contributed by atoms with Crippen molar-refractivity contribution in [3.8, 4) is 0 Å². The van der Waals surface area contributed by atoms with Gasteiger partial charge in [0.05, 0.1) is 0 Å². The molecule has 0 saturated heterocycles. The van der Waals surface area contributed by atoms with E-state index in [0.29, 0.717) is 6.04 Å². The van der Waals surface area contributed by atoms with Crippen LogP contribution in [0.4, 0.5) is 10.1 Å². The number of hydrogen-bond donors (Lipinski definition) is 1. The minimum atomic E-state index is -0.227. The molecule has 0 fully saturated rings. The predicted octanol–water partition coefficient (Wildman–Crippen LogP) is 5.02. The lowest BCUT2D eigenvalue weighted by molar-refractivity contribution is 0.626. The molecule has 0 saturated carbocycles. The molecule has 1 N–H and O–H groups in total. The number of benzene rings is 2. The summed E-state index contributed by atoms with van der Waals surface area (Å²) >= 11 is 3.37. The molecule has 0 aliphatic rings. The maximum atomic E-state index is 13.0. The molecular formula is C16H17BrFN. The third-order valence-electron chi connectivity index (χ3n) is 3.04. The van der Waals surface area contributed by atoms with Crippen molar-refractivity contribution < 1.29 is 4.39 Å². The van der Waals surface area contributed by atoms with Crippen molar-refractivity contribution in [3.05, 3.63) is 64.4 Å². The van der Waals surface area contributed by atoms with Crippen LogP contribution in [-0.2, 0) is 6.42 Å². The monoisotopic (exact) mass is 321 g/mol. The van der Waals surface area contributed by atoms with Crippen LogP contribution in [0.3, 0.4) is 0 Å². The number of rotatable bonds is 5. The molecule has 1 nitrogen and oxygen atoms in total. The van der Waals surface area contributed by atoms with Gasteiger partial charge in [-0.2, -0.15) is 0 Å². The van der Waals surface area contributed by atoms with Gasteiger partial charge in [0.1, 0.15) is 5.82 Å². The minimum Gasteiger partial charge on any atom is -0.382 e. The van der Waals surface area contributed by atoms with Crippen molar-refractivity contribution >= 4 is 21.6 Å². The Bertz CT molecular complexity index is 528. The predicted molar refractivity (Wildman–Crippen MR) is 81.9 cm³/mol. The molecule has 19 heavy (non-hydrogen) atoms. The second-order valence-electron chi connectivity index (χ2n) is 4.69. The highest BCUT2D eigenvalue weighted by atomic mass is 79.9. The van der Waals surface area contributed by atoms with Crippen LogP contribution in [0.1, 0.15) is 18.9 Å². The van der Waals surface area contributed by atoms with Crippen LogP contribution in [0.15, 0.2) is 53.0 Å². The van der Waals surface area contributed by atoms with E-state index in [9.17, 15) is 4.39 Å². The fourth-order valence-corrected chi connectivity index (χ4v) is 2.44. The summed E-state index contributed by atoms with van der Waals surface area (Å²) in [5, 5.41) is 3.39. The number of aryl methyl sites for hydroxylation is 1. The molecule has 3 heteroatoms. The molecule has 1 atom stereocenters. The first kappa shape index (κ1) is 14.1. The second-order valence-corrected chi connectivity index (χ2v) is 5.55. The Kier molecular flexibility index (Phi) is 4.97. The second kappa shape index (κ2) is 6.71. The van der Waals surface area contributed by atoms with Crippen LogP contribution in [0.5, 0.6) is 0 Å². The summed E-state index contributed by atoms with van der Waals surface area (Å²) in [6.45, 7) is 2.14. The van der Waals surface area contributed by atoms with Gasteiger partial charge in [-0.05, 0) is 59.5 Å². The van der Waals surface area contributed by atoms with Gasteiger partial charge in [-0.25, -0.2) is 4.39 Å². The first-order valence-electron chi connectivity index (χ1n) is 6.40. The Morgan fingerprint density at radius 3 is 2.58 bits per heavy atom. The summed E-state index contributed by atoms with van der Waals surface area (Å²) in [5.74, 6) is -0.227. The topological polar surface area (TPSA) is 12.0 Å². The highest BCUT2D eigenvalue weighted by Crippen LogP contribution is 2.24. The summed E-state index contributed by atoms with van der Waals surface area (Å²) < 4.78 is 13.8. The van der Waals surface area contributed by atoms with Crippen LogP contribution in [0.2, 0.25) is 0 Å². The SMILES string of the molecule is CC(CCc1ccccc1)Nc1ccc(F)cc1Br. The summed E-state index contributed by atoms with van der Waals surface area (Å²) in [6.07, 6.45) is 2.07. The van der Waals surface area contributed by atoms with Crippen molar-refractivity contribution in [2.75, 3.05) is 5.32 Å². The molecule has 0 bridgehead atoms. The zero-order valence-corrected chi connectivity index (χ0v) is 12.5. The zero-order valence-electron chi connectivity index (χ0n) is 10.9. The number of nitrogens with one attached hydrogen (secondary N) is 1. The molecule has 2 aromatic carbocycles. The maximum absolute atomic E-state index is 13.0. The van der Waals surface area contributed by atoms with Crippen LogP contribution in [0, 0.1) is 5.82 Å². The molecule has 100 valence electrons. The summed E-state index contributed by atoms with van der Waals surface area (Å²) in [6, 6.07) is 15.5. The fourth-order valence-electron chi connectivity index (χ4n) is 1.97. The van der Waals surface area contributed by atoms with Crippen LogP contribution in [0.25, 0.3) is 0 Å². The van der Waals surface area contributed by atoms with Gasteiger partial charge in [0.2, 0.25) is 0 Å². The molecule has 0 aromatic heterocycles. The van der Waals surface area contributed by atoms with Crippen molar-refractivity contribution in [1.29, 1.82) is 0 Å². The van der Waals surface area contributed by atoms with E-state index in [1.165, 1.54) is 17.7 Å². The lowest BCUT2D eigenvalue weighted by atomic mass is 10.1. The molecule has 0 aliphatic heterocycles. The Hall–Kier alpha value is -1.35. The van der Waals surface area contributed by atoms with E-state index in [4.69, 9.17) is 0 Å². The van der Waals surface area contributed by atoms with E-state index in [1.54, 1.807) is 6.07 Å². The molecule has 0 heterocycles. The molecular weight excluding hydrogens is 305 g/mol.